The third-order valence-corrected chi connectivity index (χ3v) is 5.90. The topological polar surface area (TPSA) is 76.2 Å². The zero-order chi connectivity index (χ0) is 20.0. The van der Waals surface area contributed by atoms with Gasteiger partial charge in [0, 0.05) is 19.5 Å². The molecule has 1 fully saturated rings. The summed E-state index contributed by atoms with van der Waals surface area (Å²) in [6, 6.07) is 6.72. The number of benzene rings is 1. The first-order valence-corrected chi connectivity index (χ1v) is 11.3. The Kier molecular flexibility index (Phi) is 7.49. The van der Waals surface area contributed by atoms with Crippen LogP contribution in [0.2, 0.25) is 0 Å². The number of carbonyl (C=O) groups is 1. The molecule has 1 amide bonds. The minimum atomic E-state index is -3.44. The van der Waals surface area contributed by atoms with Crippen LogP contribution in [0.4, 0.5) is 5.69 Å². The number of anilines is 1. The summed E-state index contributed by atoms with van der Waals surface area (Å²) >= 11 is 0. The molecule has 8 heteroatoms. The summed E-state index contributed by atoms with van der Waals surface area (Å²) in [5.74, 6) is 0.596. The average Bonchev–Trinajstić information content (AvgIpc) is 2.67. The van der Waals surface area contributed by atoms with Crippen molar-refractivity contribution in [2.45, 2.75) is 45.8 Å². The van der Waals surface area contributed by atoms with Gasteiger partial charge in [0.2, 0.25) is 15.9 Å². The molecule has 1 unspecified atom stereocenters. The molecule has 2 aliphatic heterocycles. The molecule has 3 rings (SSSR count). The van der Waals surface area contributed by atoms with Crippen molar-refractivity contribution in [1.29, 1.82) is 0 Å². The van der Waals surface area contributed by atoms with Crippen molar-refractivity contribution in [3.63, 3.8) is 0 Å². The summed E-state index contributed by atoms with van der Waals surface area (Å²) in [4.78, 5) is 14.1. The lowest BCUT2D eigenvalue weighted by Crippen LogP contribution is -2.51. The molecular formula is C19H30N2O5S. The van der Waals surface area contributed by atoms with Gasteiger partial charge in [0.15, 0.2) is 0 Å². The smallest absolute Gasteiger partial charge is 0.232 e. The molecule has 27 heavy (non-hydrogen) atoms. The predicted octanol–water partition coefficient (Wildman–Crippen LogP) is 2.27. The van der Waals surface area contributed by atoms with Gasteiger partial charge in [-0.3, -0.25) is 9.10 Å². The highest BCUT2D eigenvalue weighted by Gasteiger charge is 2.37. The maximum atomic E-state index is 12.4. The second-order valence-corrected chi connectivity index (χ2v) is 8.31. The number of sulfonamides is 1. The molecule has 2 aliphatic rings. The molecular weight excluding hydrogens is 368 g/mol. The SMILES string of the molecule is CC.C[C@@H]1C(CCC(=O)N2CCOCC2)Oc2ccccc2N1S(C)(=O)=O. The van der Waals surface area contributed by atoms with Crippen LogP contribution in [0, 0.1) is 0 Å². The first-order valence-electron chi connectivity index (χ1n) is 9.48. The molecule has 0 radical (unpaired) electrons. The number of morpholine rings is 1. The van der Waals surface area contributed by atoms with E-state index in [2.05, 4.69) is 0 Å². The fraction of sp³-hybridized carbons (Fsp3) is 0.632. The molecule has 7 nitrogen and oxygen atoms in total. The van der Waals surface area contributed by atoms with Crippen LogP contribution in [0.5, 0.6) is 5.75 Å². The van der Waals surface area contributed by atoms with E-state index in [1.165, 1.54) is 10.6 Å². The molecule has 0 saturated carbocycles. The minimum absolute atomic E-state index is 0.0591. The van der Waals surface area contributed by atoms with Gasteiger partial charge in [-0.2, -0.15) is 0 Å². The molecule has 1 aromatic rings. The van der Waals surface area contributed by atoms with E-state index in [9.17, 15) is 13.2 Å². The summed E-state index contributed by atoms with van der Waals surface area (Å²) in [7, 11) is -3.44. The highest BCUT2D eigenvalue weighted by molar-refractivity contribution is 7.92. The third kappa shape index (κ3) is 5.13. The first-order chi connectivity index (χ1) is 12.9. The van der Waals surface area contributed by atoms with Crippen LogP contribution < -0.4 is 9.04 Å². The second kappa shape index (κ2) is 9.41. The molecule has 0 bridgehead atoms. The van der Waals surface area contributed by atoms with Crippen LogP contribution in [0.3, 0.4) is 0 Å². The number of rotatable bonds is 4. The number of hydrogen-bond donors (Lipinski definition) is 0. The van der Waals surface area contributed by atoms with E-state index in [-0.39, 0.29) is 18.1 Å². The number of hydrogen-bond acceptors (Lipinski definition) is 5. The van der Waals surface area contributed by atoms with Crippen molar-refractivity contribution in [1.82, 2.24) is 4.90 Å². The Bertz CT molecular complexity index is 731. The Morgan fingerprint density at radius 2 is 1.81 bits per heavy atom. The molecule has 152 valence electrons. The molecule has 0 aliphatic carbocycles. The average molecular weight is 399 g/mol. The summed E-state index contributed by atoms with van der Waals surface area (Å²) in [5, 5.41) is 0. The van der Waals surface area contributed by atoms with Gasteiger partial charge in [-0.15, -0.1) is 0 Å². The maximum absolute atomic E-state index is 12.4. The van der Waals surface area contributed by atoms with E-state index in [4.69, 9.17) is 9.47 Å². The number of ether oxygens (including phenoxy) is 2. The number of fused-ring (bicyclic) bond motifs is 1. The Morgan fingerprint density at radius 3 is 2.44 bits per heavy atom. The Balaban J connectivity index is 0.00000126. The highest BCUT2D eigenvalue weighted by Crippen LogP contribution is 2.38. The lowest BCUT2D eigenvalue weighted by Gasteiger charge is -2.40. The molecule has 2 heterocycles. The van der Waals surface area contributed by atoms with Crippen LogP contribution in [-0.4, -0.2) is 63.9 Å². The third-order valence-electron chi connectivity index (χ3n) is 4.65. The van der Waals surface area contributed by atoms with E-state index in [0.717, 1.165) is 0 Å². The van der Waals surface area contributed by atoms with Gasteiger partial charge in [-0.25, -0.2) is 8.42 Å². The van der Waals surface area contributed by atoms with Crippen molar-refractivity contribution in [2.75, 3.05) is 36.9 Å². The Morgan fingerprint density at radius 1 is 1.19 bits per heavy atom. The quantitative estimate of drug-likeness (QED) is 0.778. The van der Waals surface area contributed by atoms with E-state index in [0.29, 0.717) is 50.6 Å². The van der Waals surface area contributed by atoms with Crippen LogP contribution in [-0.2, 0) is 19.6 Å². The Labute approximate surface area is 162 Å². The van der Waals surface area contributed by atoms with Crippen LogP contribution >= 0.6 is 0 Å². The number of para-hydroxylation sites is 2. The molecule has 0 N–H and O–H groups in total. The summed E-state index contributed by atoms with van der Waals surface area (Å²) in [5.41, 5.74) is 0.549. The van der Waals surface area contributed by atoms with Crippen molar-refractivity contribution in [3.8, 4) is 5.75 Å². The first kappa shape index (κ1) is 21.5. The molecule has 1 aromatic carbocycles. The van der Waals surface area contributed by atoms with Crippen LogP contribution in [0.1, 0.15) is 33.6 Å². The van der Waals surface area contributed by atoms with Gasteiger partial charge in [-0.05, 0) is 25.5 Å². The van der Waals surface area contributed by atoms with Crippen molar-refractivity contribution < 1.29 is 22.7 Å². The van der Waals surface area contributed by atoms with E-state index < -0.39 is 10.0 Å². The Hall–Kier alpha value is -1.80. The van der Waals surface area contributed by atoms with E-state index >= 15 is 0 Å². The lowest BCUT2D eigenvalue weighted by molar-refractivity contribution is -0.135. The molecule has 0 aromatic heterocycles. The van der Waals surface area contributed by atoms with Gasteiger partial charge in [0.1, 0.15) is 11.9 Å². The largest absolute Gasteiger partial charge is 0.486 e. The standard InChI is InChI=1S/C17H24N2O5S.C2H6/c1-13-15(7-8-17(20)18-9-11-23-12-10-18)24-16-6-4-3-5-14(16)19(13)25(2,21)22;1-2/h3-6,13,15H,7-12H2,1-2H3;1-2H3/t13-,15?;/m1./s1. The normalized spacial score (nSPS) is 22.2. The fourth-order valence-corrected chi connectivity index (χ4v) is 4.64. The number of carbonyl (C=O) groups excluding carboxylic acids is 1. The number of amides is 1. The van der Waals surface area contributed by atoms with E-state index in [1.807, 2.05) is 26.8 Å². The summed E-state index contributed by atoms with van der Waals surface area (Å²) < 4.78 is 37.2. The van der Waals surface area contributed by atoms with E-state index in [1.54, 1.807) is 23.1 Å². The van der Waals surface area contributed by atoms with Gasteiger partial charge >= 0.3 is 0 Å². The summed E-state index contributed by atoms with van der Waals surface area (Å²) in [6.45, 7) is 8.17. The lowest BCUT2D eigenvalue weighted by atomic mass is 10.0. The predicted molar refractivity (Wildman–Crippen MR) is 106 cm³/mol. The molecule has 2 atom stereocenters. The monoisotopic (exact) mass is 398 g/mol. The molecule has 1 saturated heterocycles. The van der Waals surface area contributed by atoms with Gasteiger partial charge in [0.25, 0.3) is 0 Å². The zero-order valence-corrected chi connectivity index (χ0v) is 17.4. The minimum Gasteiger partial charge on any atom is -0.486 e. The van der Waals surface area contributed by atoms with Crippen molar-refractivity contribution in [2.24, 2.45) is 0 Å². The van der Waals surface area contributed by atoms with Crippen LogP contribution in [0.25, 0.3) is 0 Å². The second-order valence-electron chi connectivity index (χ2n) is 6.46. The zero-order valence-electron chi connectivity index (χ0n) is 16.6. The van der Waals surface area contributed by atoms with Crippen molar-refractivity contribution in [3.05, 3.63) is 24.3 Å². The van der Waals surface area contributed by atoms with Crippen LogP contribution in [0.15, 0.2) is 24.3 Å². The van der Waals surface area contributed by atoms with Gasteiger partial charge in [-0.1, -0.05) is 26.0 Å². The highest BCUT2D eigenvalue weighted by atomic mass is 32.2. The van der Waals surface area contributed by atoms with Crippen molar-refractivity contribution >= 4 is 21.6 Å². The van der Waals surface area contributed by atoms with Gasteiger partial charge < -0.3 is 14.4 Å². The maximum Gasteiger partial charge on any atom is 0.232 e. The fourth-order valence-electron chi connectivity index (χ4n) is 3.39. The summed E-state index contributed by atoms with van der Waals surface area (Å²) in [6.07, 6.45) is 1.63. The number of nitrogens with zero attached hydrogens (tertiary/aromatic N) is 2. The molecule has 0 spiro atoms. The van der Waals surface area contributed by atoms with Gasteiger partial charge in [0.05, 0.1) is 31.2 Å².